The Morgan fingerprint density at radius 1 is 0.600 bits per heavy atom. The Labute approximate surface area is 293 Å². The Morgan fingerprint density at radius 3 is 1.40 bits per heavy atom. The molecule has 5 atom stereocenters. The van der Waals surface area contributed by atoms with Crippen LogP contribution in [0.25, 0.3) is 0 Å². The summed E-state index contributed by atoms with van der Waals surface area (Å²) in [6, 6.07) is 37.3. The Hall–Kier alpha value is -3.55. The van der Waals surface area contributed by atoms with Crippen molar-refractivity contribution in [2.45, 2.75) is 82.7 Å². The maximum atomic E-state index is 15.8. The van der Waals surface area contributed by atoms with Crippen molar-refractivity contribution in [3.63, 3.8) is 0 Å². The lowest BCUT2D eigenvalue weighted by atomic mass is 9.95. The van der Waals surface area contributed by atoms with E-state index in [1.807, 2.05) is 121 Å². The van der Waals surface area contributed by atoms with E-state index in [4.69, 9.17) is 27.9 Å². The zero-order valence-corrected chi connectivity index (χ0v) is 29.0. The summed E-state index contributed by atoms with van der Waals surface area (Å²) in [4.78, 5) is 0. The van der Waals surface area contributed by atoms with Gasteiger partial charge in [0.05, 0.1) is 45.6 Å². The third-order valence-corrected chi connectivity index (χ3v) is 9.41. The fourth-order valence-corrected chi connectivity index (χ4v) is 6.44. The Kier molecular flexibility index (Phi) is 13.6. The molecule has 0 radical (unpaired) electrons. The molecular weight excluding hydrogens is 666 g/mol. The molecule has 1 fully saturated rings. The molecule has 0 unspecified atom stereocenters. The van der Waals surface area contributed by atoms with E-state index in [-0.39, 0.29) is 32.3 Å². The summed E-state index contributed by atoms with van der Waals surface area (Å²) in [6.07, 6.45) is -7.23. The lowest BCUT2D eigenvalue weighted by Gasteiger charge is -2.46. The molecule has 0 N–H and O–H groups in total. The molecule has 0 aromatic heterocycles. The van der Waals surface area contributed by atoms with Gasteiger partial charge in [0.15, 0.2) is 6.29 Å². The van der Waals surface area contributed by atoms with Crippen molar-refractivity contribution in [1.29, 1.82) is 0 Å². The number of hydrogen-bond acceptors (Lipinski definition) is 8. The highest BCUT2D eigenvalue weighted by Crippen LogP contribution is 2.38. The van der Waals surface area contributed by atoms with Crippen LogP contribution in [0, 0.1) is 5.92 Å². The van der Waals surface area contributed by atoms with Crippen LogP contribution in [0.15, 0.2) is 121 Å². The predicted molar refractivity (Wildman–Crippen MR) is 184 cm³/mol. The van der Waals surface area contributed by atoms with Gasteiger partial charge in [-0.1, -0.05) is 135 Å². The molecule has 5 rings (SSSR count). The molecule has 0 aliphatic carbocycles. The molecule has 0 spiro atoms. The molecule has 0 bridgehead atoms. The second-order valence-electron chi connectivity index (χ2n) is 12.6. The maximum absolute atomic E-state index is 15.8. The number of alkyl halides is 2. The van der Waals surface area contributed by atoms with Crippen molar-refractivity contribution in [3.8, 4) is 0 Å². The van der Waals surface area contributed by atoms with E-state index < -0.39 is 59.1 Å². The fraction of sp³-hybridized carbons (Fsp3) is 0.385. The zero-order chi connectivity index (χ0) is 35.4. The van der Waals surface area contributed by atoms with Gasteiger partial charge in [-0.3, -0.25) is 4.18 Å². The molecule has 1 saturated heterocycles. The molecule has 1 heterocycles. The van der Waals surface area contributed by atoms with E-state index in [9.17, 15) is 8.42 Å². The summed E-state index contributed by atoms with van der Waals surface area (Å²) < 4.78 is 94.1. The molecule has 1 aliphatic rings. The smallest absolute Gasteiger partial charge is 0.368 e. The van der Waals surface area contributed by atoms with E-state index in [2.05, 4.69) is 0 Å². The van der Waals surface area contributed by atoms with Crippen molar-refractivity contribution < 1.29 is 45.1 Å². The summed E-state index contributed by atoms with van der Waals surface area (Å²) in [5.41, 5.74) is 3.28. The number of hydrogen-bond donors (Lipinski definition) is 0. The molecule has 0 amide bonds. The van der Waals surface area contributed by atoms with Gasteiger partial charge in [0.2, 0.25) is 0 Å². The molecule has 11 heteroatoms. The first-order chi connectivity index (χ1) is 24.1. The van der Waals surface area contributed by atoms with Gasteiger partial charge >= 0.3 is 15.4 Å². The Balaban J connectivity index is 1.52. The largest absolute Gasteiger partial charge is 0.372 e. The van der Waals surface area contributed by atoms with E-state index in [0.717, 1.165) is 22.3 Å². The van der Waals surface area contributed by atoms with Gasteiger partial charge in [-0.2, -0.15) is 17.2 Å². The Bertz CT molecular complexity index is 1660. The van der Waals surface area contributed by atoms with E-state index in [1.54, 1.807) is 13.8 Å². The van der Waals surface area contributed by atoms with Crippen LogP contribution >= 0.6 is 0 Å². The minimum Gasteiger partial charge on any atom is -0.368 e. The summed E-state index contributed by atoms with van der Waals surface area (Å²) in [5, 5.41) is -4.33. The highest BCUT2D eigenvalue weighted by Gasteiger charge is 2.56. The fourth-order valence-electron chi connectivity index (χ4n) is 5.44. The molecule has 50 heavy (non-hydrogen) atoms. The summed E-state index contributed by atoms with van der Waals surface area (Å²) in [6.45, 7) is 3.25. The normalized spacial score (nSPS) is 21.3. The van der Waals surface area contributed by atoms with Crippen LogP contribution in [0.4, 0.5) is 8.78 Å². The summed E-state index contributed by atoms with van der Waals surface area (Å²) in [7, 11) is -5.33. The third kappa shape index (κ3) is 10.7. The van der Waals surface area contributed by atoms with Crippen molar-refractivity contribution >= 4 is 10.1 Å². The number of halogens is 2. The average Bonchev–Trinajstić information content (AvgIpc) is 3.12. The van der Waals surface area contributed by atoms with Gasteiger partial charge < -0.3 is 23.7 Å². The van der Waals surface area contributed by atoms with Crippen molar-refractivity contribution in [2.75, 3.05) is 6.61 Å². The number of ether oxygens (including phenoxy) is 5. The van der Waals surface area contributed by atoms with Crippen LogP contribution in [0.3, 0.4) is 0 Å². The average molecular weight is 711 g/mol. The molecule has 268 valence electrons. The van der Waals surface area contributed by atoms with Crippen molar-refractivity contribution in [3.05, 3.63) is 144 Å². The molecule has 4 aromatic rings. The van der Waals surface area contributed by atoms with Crippen LogP contribution in [0.5, 0.6) is 0 Å². The van der Waals surface area contributed by atoms with Gasteiger partial charge in [0.1, 0.15) is 18.3 Å². The summed E-state index contributed by atoms with van der Waals surface area (Å²) >= 11 is 0. The van der Waals surface area contributed by atoms with Gasteiger partial charge in [0.25, 0.3) is 0 Å². The first-order valence-corrected chi connectivity index (χ1v) is 18.1. The van der Waals surface area contributed by atoms with E-state index in [1.165, 1.54) is 0 Å². The van der Waals surface area contributed by atoms with Gasteiger partial charge in [0, 0.05) is 0 Å². The highest BCUT2D eigenvalue weighted by atomic mass is 32.2. The van der Waals surface area contributed by atoms with Crippen LogP contribution in [0.2, 0.25) is 0 Å². The molecule has 4 aromatic carbocycles. The quantitative estimate of drug-likeness (QED) is 0.0973. The summed E-state index contributed by atoms with van der Waals surface area (Å²) in [5.74, 6) is -0.289. The lowest BCUT2D eigenvalue weighted by Crippen LogP contribution is -2.61. The van der Waals surface area contributed by atoms with Gasteiger partial charge in [-0.15, -0.1) is 0 Å². The van der Waals surface area contributed by atoms with Crippen LogP contribution in [0.1, 0.15) is 42.5 Å². The number of benzene rings is 4. The number of rotatable bonds is 18. The minimum absolute atomic E-state index is 0.0136. The molecule has 8 nitrogen and oxygen atoms in total. The monoisotopic (exact) mass is 710 g/mol. The van der Waals surface area contributed by atoms with Gasteiger partial charge in [-0.25, -0.2) is 0 Å². The first kappa shape index (κ1) is 37.7. The van der Waals surface area contributed by atoms with Crippen LogP contribution in [-0.2, 0) is 64.4 Å². The third-order valence-electron chi connectivity index (χ3n) is 8.07. The van der Waals surface area contributed by atoms with Crippen LogP contribution in [-0.4, -0.2) is 51.0 Å². The SMILES string of the molecule is CC(C)COS(=O)(=O)C(F)(F)C[C@H]1O[C@@H](OCc2ccccc2)[C@H](OCc2ccccc2)[C@@H](OCc2ccccc2)[C@@H]1OCc1ccccc1. The maximum Gasteiger partial charge on any atom is 0.372 e. The zero-order valence-electron chi connectivity index (χ0n) is 28.2. The predicted octanol–water partition coefficient (Wildman–Crippen LogP) is 7.67. The van der Waals surface area contributed by atoms with E-state index in [0.29, 0.717) is 0 Å². The molecular formula is C39H44F2O8S. The van der Waals surface area contributed by atoms with Crippen molar-refractivity contribution in [2.24, 2.45) is 5.92 Å². The minimum atomic E-state index is -5.33. The highest BCUT2D eigenvalue weighted by molar-refractivity contribution is 7.87. The van der Waals surface area contributed by atoms with Crippen molar-refractivity contribution in [1.82, 2.24) is 0 Å². The molecule has 1 aliphatic heterocycles. The molecule has 0 saturated carbocycles. The Morgan fingerprint density at radius 2 is 0.980 bits per heavy atom. The topological polar surface area (TPSA) is 89.5 Å². The van der Waals surface area contributed by atoms with Gasteiger partial charge in [-0.05, 0) is 28.2 Å². The van der Waals surface area contributed by atoms with Crippen LogP contribution < -0.4 is 0 Å². The first-order valence-electron chi connectivity index (χ1n) is 16.7. The van der Waals surface area contributed by atoms with E-state index >= 15 is 8.78 Å². The second-order valence-corrected chi connectivity index (χ2v) is 14.3. The standard InChI is InChI=1S/C39H44F2O8S/c1-29(2)24-48-50(42,43)39(40,41)23-34-35(44-25-30-15-7-3-8-16-30)36(45-26-31-17-9-4-10-18-31)37(46-27-32-19-11-5-12-20-32)38(49-34)47-28-33-21-13-6-14-22-33/h3-22,29,34-38H,23-28H2,1-2H3/t34-,35-,36+,37-,38-/m1/s1. The lowest BCUT2D eigenvalue weighted by molar-refractivity contribution is -0.329. The second kappa shape index (κ2) is 18.1.